The van der Waals surface area contributed by atoms with Crippen molar-refractivity contribution >= 4 is 25.6 Å². The van der Waals surface area contributed by atoms with E-state index in [-0.39, 0.29) is 16.8 Å². The third-order valence-electron chi connectivity index (χ3n) is 4.15. The third-order valence-corrected chi connectivity index (χ3v) is 5.49. The van der Waals surface area contributed by atoms with Crippen molar-refractivity contribution in [2.45, 2.75) is 43.5 Å². The zero-order valence-corrected chi connectivity index (χ0v) is 13.4. The lowest BCUT2D eigenvalue weighted by molar-refractivity contribution is 0.0926. The third kappa shape index (κ3) is 3.58. The number of hydrogen-bond donors (Lipinski definition) is 1. The molecule has 0 atom stereocenters. The molecule has 2 fully saturated rings. The van der Waals surface area contributed by atoms with E-state index in [1.807, 2.05) is 0 Å². The highest BCUT2D eigenvalue weighted by Crippen LogP contribution is 2.44. The number of hydrogen-bond acceptors (Lipinski definition) is 3. The predicted octanol–water partition coefficient (Wildman–Crippen LogP) is 2.84. The molecule has 114 valence electrons. The number of carbonyl (C=O) groups is 1. The molecular formula is C15H18ClNO3S. The van der Waals surface area contributed by atoms with Crippen molar-refractivity contribution < 1.29 is 13.2 Å². The lowest BCUT2D eigenvalue weighted by Crippen LogP contribution is -2.38. The van der Waals surface area contributed by atoms with Gasteiger partial charge in [-0.25, -0.2) is 8.42 Å². The maximum atomic E-state index is 12.4. The van der Waals surface area contributed by atoms with Crippen molar-refractivity contribution in [1.29, 1.82) is 0 Å². The SMILES string of the molecule is Cc1cc(C(=O)NC(C2CC2)C2CC2)cc(S(=O)(=O)Cl)c1. The minimum absolute atomic E-state index is 0.0243. The van der Waals surface area contributed by atoms with Crippen molar-refractivity contribution in [1.82, 2.24) is 5.32 Å². The first-order valence-corrected chi connectivity index (χ1v) is 9.53. The van der Waals surface area contributed by atoms with Crippen LogP contribution < -0.4 is 5.32 Å². The zero-order chi connectivity index (χ0) is 15.2. The maximum absolute atomic E-state index is 12.4. The second-order valence-electron chi connectivity index (χ2n) is 6.15. The van der Waals surface area contributed by atoms with Crippen molar-refractivity contribution in [3.63, 3.8) is 0 Å². The van der Waals surface area contributed by atoms with Gasteiger partial charge in [0.25, 0.3) is 15.0 Å². The Hall–Kier alpha value is -1.07. The summed E-state index contributed by atoms with van der Waals surface area (Å²) in [6.45, 7) is 1.75. The van der Waals surface area contributed by atoms with E-state index < -0.39 is 9.05 Å². The quantitative estimate of drug-likeness (QED) is 0.846. The van der Waals surface area contributed by atoms with Gasteiger partial charge in [0.05, 0.1) is 4.90 Å². The Morgan fingerprint density at radius 2 is 1.76 bits per heavy atom. The van der Waals surface area contributed by atoms with Crippen LogP contribution in [0.25, 0.3) is 0 Å². The Morgan fingerprint density at radius 1 is 1.19 bits per heavy atom. The lowest BCUT2D eigenvalue weighted by Gasteiger charge is -2.18. The van der Waals surface area contributed by atoms with Crippen LogP contribution in [0.4, 0.5) is 0 Å². The second kappa shape index (κ2) is 5.29. The maximum Gasteiger partial charge on any atom is 0.261 e. The van der Waals surface area contributed by atoms with Crippen LogP contribution in [0.5, 0.6) is 0 Å². The van der Waals surface area contributed by atoms with Gasteiger partial charge in [0.1, 0.15) is 0 Å². The molecule has 0 radical (unpaired) electrons. The summed E-state index contributed by atoms with van der Waals surface area (Å²) in [6.07, 6.45) is 4.71. The molecule has 21 heavy (non-hydrogen) atoms. The normalized spacial score (nSPS) is 18.8. The highest BCUT2D eigenvalue weighted by molar-refractivity contribution is 8.13. The highest BCUT2D eigenvalue weighted by atomic mass is 35.7. The van der Waals surface area contributed by atoms with Gasteiger partial charge in [-0.3, -0.25) is 4.79 Å². The average molecular weight is 328 g/mol. The van der Waals surface area contributed by atoms with E-state index >= 15 is 0 Å². The van der Waals surface area contributed by atoms with Gasteiger partial charge in [0, 0.05) is 22.3 Å². The molecule has 0 unspecified atom stereocenters. The molecule has 0 spiro atoms. The molecule has 0 aromatic heterocycles. The smallest absolute Gasteiger partial charge is 0.261 e. The summed E-state index contributed by atoms with van der Waals surface area (Å²) in [5.74, 6) is 0.994. The van der Waals surface area contributed by atoms with Crippen molar-refractivity contribution in [3.8, 4) is 0 Å². The van der Waals surface area contributed by atoms with Gasteiger partial charge >= 0.3 is 0 Å². The lowest BCUT2D eigenvalue weighted by atomic mass is 10.1. The minimum atomic E-state index is -3.83. The van der Waals surface area contributed by atoms with E-state index in [1.54, 1.807) is 13.0 Å². The molecule has 2 aliphatic rings. The van der Waals surface area contributed by atoms with Crippen LogP contribution in [0.1, 0.15) is 41.6 Å². The Balaban J connectivity index is 1.82. The predicted molar refractivity (Wildman–Crippen MR) is 80.9 cm³/mol. The summed E-state index contributed by atoms with van der Waals surface area (Å²) in [6, 6.07) is 4.76. The van der Waals surface area contributed by atoms with Crippen LogP contribution in [0.3, 0.4) is 0 Å². The standard InChI is InChI=1S/C15H18ClNO3S/c1-9-6-12(8-13(7-9)21(16,19)20)15(18)17-14(10-2-3-10)11-4-5-11/h6-8,10-11,14H,2-5H2,1H3,(H,17,18). The first kappa shape index (κ1) is 14.9. The van der Waals surface area contributed by atoms with Crippen LogP contribution in [0.2, 0.25) is 0 Å². The largest absolute Gasteiger partial charge is 0.349 e. The van der Waals surface area contributed by atoms with Crippen LogP contribution in [-0.2, 0) is 9.05 Å². The molecule has 0 aliphatic heterocycles. The van der Waals surface area contributed by atoms with E-state index in [9.17, 15) is 13.2 Å². The van der Waals surface area contributed by atoms with Crippen molar-refractivity contribution in [2.75, 3.05) is 0 Å². The molecule has 0 saturated heterocycles. The van der Waals surface area contributed by atoms with Gasteiger partial charge in [-0.1, -0.05) is 0 Å². The number of carbonyl (C=O) groups excluding carboxylic acids is 1. The Labute approximate surface area is 129 Å². The Morgan fingerprint density at radius 3 is 2.24 bits per heavy atom. The van der Waals surface area contributed by atoms with E-state index in [0.717, 1.165) is 0 Å². The molecule has 1 aromatic rings. The van der Waals surface area contributed by atoms with Crippen LogP contribution >= 0.6 is 10.7 Å². The summed E-state index contributed by atoms with van der Waals surface area (Å²) >= 11 is 0. The molecule has 2 aliphatic carbocycles. The molecule has 4 nitrogen and oxygen atoms in total. The van der Waals surface area contributed by atoms with E-state index in [4.69, 9.17) is 10.7 Å². The summed E-state index contributed by atoms with van der Waals surface area (Å²) in [5, 5.41) is 3.09. The number of nitrogens with one attached hydrogen (secondary N) is 1. The zero-order valence-electron chi connectivity index (χ0n) is 11.8. The van der Waals surface area contributed by atoms with Gasteiger partial charge < -0.3 is 5.32 Å². The summed E-state index contributed by atoms with van der Waals surface area (Å²) in [5.41, 5.74) is 1.07. The highest BCUT2D eigenvalue weighted by Gasteiger charge is 2.42. The van der Waals surface area contributed by atoms with Gasteiger partial charge in [-0.15, -0.1) is 0 Å². The Bertz CT molecular complexity index is 666. The Kier molecular flexibility index (Phi) is 3.74. The molecule has 0 heterocycles. The van der Waals surface area contributed by atoms with Crippen LogP contribution in [0, 0.1) is 18.8 Å². The van der Waals surface area contributed by atoms with E-state index in [0.29, 0.717) is 23.0 Å². The molecule has 1 N–H and O–H groups in total. The van der Waals surface area contributed by atoms with Gasteiger partial charge in [-0.05, 0) is 68.2 Å². The summed E-state index contributed by atoms with van der Waals surface area (Å²) in [4.78, 5) is 12.4. The average Bonchev–Trinajstić information content (AvgIpc) is 3.26. The monoisotopic (exact) mass is 327 g/mol. The first-order valence-electron chi connectivity index (χ1n) is 7.22. The van der Waals surface area contributed by atoms with E-state index in [1.165, 1.54) is 37.8 Å². The summed E-state index contributed by atoms with van der Waals surface area (Å²) < 4.78 is 22.9. The molecule has 1 aromatic carbocycles. The number of aryl methyl sites for hydroxylation is 1. The first-order chi connectivity index (χ1) is 9.84. The van der Waals surface area contributed by atoms with Gasteiger partial charge in [0.15, 0.2) is 0 Å². The molecule has 3 rings (SSSR count). The topological polar surface area (TPSA) is 63.2 Å². The fourth-order valence-corrected chi connectivity index (χ4v) is 3.65. The fraction of sp³-hybridized carbons (Fsp3) is 0.533. The van der Waals surface area contributed by atoms with Gasteiger partial charge in [-0.2, -0.15) is 0 Å². The van der Waals surface area contributed by atoms with Crippen LogP contribution in [-0.4, -0.2) is 20.4 Å². The molecule has 6 heteroatoms. The number of amides is 1. The van der Waals surface area contributed by atoms with Crippen molar-refractivity contribution in [2.24, 2.45) is 11.8 Å². The second-order valence-corrected chi connectivity index (χ2v) is 8.71. The molecular weight excluding hydrogens is 310 g/mol. The number of halogens is 1. The van der Waals surface area contributed by atoms with Crippen LogP contribution in [0.15, 0.2) is 23.1 Å². The fourth-order valence-electron chi connectivity index (χ4n) is 2.79. The van der Waals surface area contributed by atoms with E-state index in [2.05, 4.69) is 5.32 Å². The number of rotatable bonds is 5. The summed E-state index contributed by atoms with van der Waals surface area (Å²) in [7, 11) is 1.55. The van der Waals surface area contributed by atoms with Gasteiger partial charge in [0.2, 0.25) is 0 Å². The minimum Gasteiger partial charge on any atom is -0.349 e. The molecule has 1 amide bonds. The number of benzene rings is 1. The van der Waals surface area contributed by atoms with Crippen molar-refractivity contribution in [3.05, 3.63) is 29.3 Å². The molecule has 0 bridgehead atoms. The molecule has 2 saturated carbocycles.